The van der Waals surface area contributed by atoms with E-state index in [1.165, 1.54) is 0 Å². The number of hydrogen-bond acceptors (Lipinski definition) is 6. The molecule has 1 radical (unpaired) electrons. The van der Waals surface area contributed by atoms with Crippen molar-refractivity contribution in [1.82, 2.24) is 58.1 Å². The van der Waals surface area contributed by atoms with Gasteiger partial charge in [0.05, 0.1) is 0 Å². The SMILES string of the molecule is F[P-](F)(F)(F)(F)F.[Ti+3].c1cnn([BH-](n2cccn2)n2cccn2)c1.c1cnn([BH-](n2cccn2)n2cccn2)c1. The number of rotatable bonds is 6. The molecular formula is C18H20B2F6N12PTi. The first kappa shape index (κ1) is 30.7. The first-order valence-electron chi connectivity index (χ1n) is 11.2. The van der Waals surface area contributed by atoms with Crippen molar-refractivity contribution in [1.29, 1.82) is 0 Å². The van der Waals surface area contributed by atoms with Gasteiger partial charge in [0.25, 0.3) is 0 Å². The molecule has 22 heteroatoms. The van der Waals surface area contributed by atoms with Crippen molar-refractivity contribution in [2.75, 3.05) is 0 Å². The number of hydrogen-bond donors (Lipinski definition) is 0. The summed E-state index contributed by atoms with van der Waals surface area (Å²) >= 11 is 0. The third kappa shape index (κ3) is 9.70. The maximum absolute atomic E-state index is 10.7. The van der Waals surface area contributed by atoms with E-state index in [1.807, 2.05) is 101 Å². The van der Waals surface area contributed by atoms with Gasteiger partial charge in [-0.1, -0.05) is 0 Å². The van der Waals surface area contributed by atoms with Gasteiger partial charge < -0.3 is 27.6 Å². The minimum atomic E-state index is -10.7. The van der Waals surface area contributed by atoms with Gasteiger partial charge in [0.1, 0.15) is 0 Å². The number of aromatic nitrogens is 12. The van der Waals surface area contributed by atoms with Crippen molar-refractivity contribution in [2.24, 2.45) is 0 Å². The molecule has 6 aromatic heterocycles. The first-order valence-corrected chi connectivity index (χ1v) is 13.2. The van der Waals surface area contributed by atoms with Gasteiger partial charge in [-0.3, -0.25) is 0 Å². The molecule has 0 aliphatic heterocycles. The van der Waals surface area contributed by atoms with Crippen molar-refractivity contribution >= 4 is 22.0 Å². The molecule has 0 atom stereocenters. The van der Waals surface area contributed by atoms with E-state index in [1.54, 1.807) is 37.2 Å². The van der Waals surface area contributed by atoms with Crippen LogP contribution in [0.15, 0.2) is 111 Å². The Hall–Kier alpha value is -3.89. The molecule has 0 aliphatic rings. The molecule has 0 aliphatic carbocycles. The molecule has 0 unspecified atom stereocenters. The molecule has 6 aromatic rings. The summed E-state index contributed by atoms with van der Waals surface area (Å²) in [4.78, 5) is 0. The molecule has 12 nitrogen and oxygen atoms in total. The van der Waals surface area contributed by atoms with Crippen molar-refractivity contribution in [3.05, 3.63) is 111 Å². The molecule has 0 amide bonds. The van der Waals surface area contributed by atoms with Crippen LogP contribution in [0.2, 0.25) is 0 Å². The Morgan fingerprint density at radius 2 is 0.525 bits per heavy atom. The fourth-order valence-electron chi connectivity index (χ4n) is 3.70. The fraction of sp³-hybridized carbons (Fsp3) is 0. The number of nitrogens with zero attached hydrogens (tertiary/aromatic N) is 12. The maximum Gasteiger partial charge on any atom is 3.00 e. The Bertz CT molecular complexity index is 1220. The van der Waals surface area contributed by atoms with Crippen LogP contribution in [0.4, 0.5) is 25.2 Å². The molecular weight excluding hydrogens is 599 g/mol. The monoisotopic (exact) mass is 619 g/mol. The van der Waals surface area contributed by atoms with Gasteiger partial charge in [-0.2, -0.15) is 0 Å². The zero-order chi connectivity index (χ0) is 28.0. The van der Waals surface area contributed by atoms with Crippen LogP contribution >= 0.6 is 7.81 Å². The Morgan fingerprint density at radius 3 is 0.625 bits per heavy atom. The summed E-state index contributed by atoms with van der Waals surface area (Å²) < 4.78 is 70.4. The van der Waals surface area contributed by atoms with Gasteiger partial charge >= 0.3 is 68.9 Å². The summed E-state index contributed by atoms with van der Waals surface area (Å²) in [6.45, 7) is 0. The van der Waals surface area contributed by atoms with Crippen LogP contribution in [-0.4, -0.2) is 72.4 Å². The van der Waals surface area contributed by atoms with Crippen LogP contribution < -0.4 is 0 Å². The summed E-state index contributed by atoms with van der Waals surface area (Å²) in [6.07, 6.45) is 22.1. The maximum atomic E-state index is 9.87. The molecule has 40 heavy (non-hydrogen) atoms. The summed E-state index contributed by atoms with van der Waals surface area (Å²) in [5.41, 5.74) is 0. The molecule has 0 bridgehead atoms. The van der Waals surface area contributed by atoms with Crippen LogP contribution in [0.5, 0.6) is 0 Å². The second-order valence-electron chi connectivity index (χ2n) is 8.08. The Labute approximate surface area is 237 Å². The molecule has 6 rings (SSSR count). The predicted octanol–water partition coefficient (Wildman–Crippen LogP) is 3.26. The van der Waals surface area contributed by atoms with E-state index in [4.69, 9.17) is 0 Å². The average molecular weight is 619 g/mol. The average Bonchev–Trinajstić information content (AvgIpc) is 3.69. The second-order valence-corrected chi connectivity index (χ2v) is 10.00. The Balaban J connectivity index is 0.000000177. The van der Waals surface area contributed by atoms with Gasteiger partial charge in [-0.05, 0) is 73.6 Å². The third-order valence-electron chi connectivity index (χ3n) is 5.09. The molecule has 0 saturated heterocycles. The van der Waals surface area contributed by atoms with Crippen molar-refractivity contribution in [2.45, 2.75) is 0 Å². The van der Waals surface area contributed by atoms with Gasteiger partial charge in [0, 0.05) is 37.2 Å². The molecule has 0 N–H and O–H groups in total. The molecule has 0 spiro atoms. The molecule has 0 fully saturated rings. The van der Waals surface area contributed by atoms with E-state index in [0.717, 1.165) is 0 Å². The van der Waals surface area contributed by atoms with Crippen LogP contribution in [0, 0.1) is 0 Å². The Morgan fingerprint density at radius 1 is 0.375 bits per heavy atom. The van der Waals surface area contributed by atoms with E-state index >= 15 is 0 Å². The van der Waals surface area contributed by atoms with Crippen molar-refractivity contribution < 1.29 is 46.9 Å². The van der Waals surface area contributed by atoms with Crippen LogP contribution in [0.25, 0.3) is 0 Å². The summed E-state index contributed by atoms with van der Waals surface area (Å²) in [5.74, 6) is 0. The van der Waals surface area contributed by atoms with Gasteiger partial charge in [0.15, 0.2) is 0 Å². The zero-order valence-electron chi connectivity index (χ0n) is 20.4. The van der Waals surface area contributed by atoms with E-state index in [2.05, 4.69) is 30.6 Å². The standard InChI is InChI=1S/2C9H10BN6.F6P.Ti/c2*1-4-11-14(7-1)10(15-8-2-5-12-15)16-9-3-6-13-16;1-7(2,3,4,5)6;/h2*1-10H;;/q3*-1;+3. The van der Waals surface area contributed by atoms with Gasteiger partial charge in [-0.25, -0.2) is 30.6 Å². The summed E-state index contributed by atoms with van der Waals surface area (Å²) in [5, 5.41) is 25.6. The molecule has 0 aromatic carbocycles. The van der Waals surface area contributed by atoms with Crippen molar-refractivity contribution in [3.63, 3.8) is 0 Å². The van der Waals surface area contributed by atoms with E-state index in [9.17, 15) is 25.2 Å². The van der Waals surface area contributed by atoms with E-state index < -0.39 is 22.0 Å². The zero-order valence-corrected chi connectivity index (χ0v) is 22.8. The molecule has 6 heterocycles. The summed E-state index contributed by atoms with van der Waals surface area (Å²) in [6, 6.07) is 11.4. The van der Waals surface area contributed by atoms with Gasteiger partial charge in [0.2, 0.25) is 0 Å². The predicted molar refractivity (Wildman–Crippen MR) is 134 cm³/mol. The van der Waals surface area contributed by atoms with Crippen LogP contribution in [0.3, 0.4) is 0 Å². The van der Waals surface area contributed by atoms with Crippen LogP contribution in [-0.2, 0) is 21.7 Å². The largest absolute Gasteiger partial charge is 3.00 e. The minimum Gasteiger partial charge on any atom is -0.403 e. The molecule has 209 valence electrons. The third-order valence-corrected chi connectivity index (χ3v) is 5.09. The fourth-order valence-corrected chi connectivity index (χ4v) is 3.70. The first-order chi connectivity index (χ1) is 18.3. The Kier molecular flexibility index (Phi) is 8.96. The van der Waals surface area contributed by atoms with Crippen LogP contribution in [0.1, 0.15) is 0 Å². The number of halogens is 6. The quantitative estimate of drug-likeness (QED) is 0.161. The smallest absolute Gasteiger partial charge is 0.403 e. The van der Waals surface area contributed by atoms with E-state index in [-0.39, 0.29) is 21.7 Å². The summed E-state index contributed by atoms with van der Waals surface area (Å²) in [7, 11) is -12.9. The van der Waals surface area contributed by atoms with Gasteiger partial charge in [-0.15, -0.1) is 0 Å². The molecule has 0 saturated carbocycles. The van der Waals surface area contributed by atoms with E-state index in [0.29, 0.717) is 0 Å². The second kappa shape index (κ2) is 11.7. The normalized spacial score (nSPS) is 12.9. The van der Waals surface area contributed by atoms with Crippen molar-refractivity contribution in [3.8, 4) is 0 Å². The topological polar surface area (TPSA) is 107 Å². The minimum absolute atomic E-state index is 0.